The Labute approximate surface area is 129 Å². The average molecular weight is 299 g/mol. The number of nitrogens with zero attached hydrogens (tertiary/aromatic N) is 1. The standard InChI is InChI=1S/C18H21NOS/c20-18-15(17-9-4-10-21-17)11-14-7-1-2-8-16(14)19(18)12-13-5-3-6-13/h4,9-11,13H,1-3,5-8,12H2. The Kier molecular flexibility index (Phi) is 3.46. The van der Waals surface area contributed by atoms with Gasteiger partial charge in [0.2, 0.25) is 0 Å². The molecule has 0 amide bonds. The molecule has 1 fully saturated rings. The smallest absolute Gasteiger partial charge is 0.259 e. The van der Waals surface area contributed by atoms with Gasteiger partial charge in [0.25, 0.3) is 5.56 Å². The van der Waals surface area contributed by atoms with Gasteiger partial charge in [-0.1, -0.05) is 12.5 Å². The number of rotatable bonds is 3. The average Bonchev–Trinajstić information content (AvgIpc) is 2.98. The lowest BCUT2D eigenvalue weighted by Gasteiger charge is -2.29. The molecule has 0 atom stereocenters. The van der Waals surface area contributed by atoms with Crippen molar-refractivity contribution in [2.45, 2.75) is 51.5 Å². The van der Waals surface area contributed by atoms with Crippen molar-refractivity contribution in [2.24, 2.45) is 5.92 Å². The van der Waals surface area contributed by atoms with Gasteiger partial charge in [-0.2, -0.15) is 0 Å². The normalized spacial score (nSPS) is 18.3. The van der Waals surface area contributed by atoms with Crippen molar-refractivity contribution in [1.29, 1.82) is 0 Å². The van der Waals surface area contributed by atoms with Crippen LogP contribution in [0.25, 0.3) is 10.4 Å². The van der Waals surface area contributed by atoms with Gasteiger partial charge >= 0.3 is 0 Å². The highest BCUT2D eigenvalue weighted by Crippen LogP contribution is 2.31. The van der Waals surface area contributed by atoms with Crippen LogP contribution in [0.2, 0.25) is 0 Å². The van der Waals surface area contributed by atoms with E-state index in [0.717, 1.165) is 35.7 Å². The van der Waals surface area contributed by atoms with E-state index in [1.807, 2.05) is 6.07 Å². The monoisotopic (exact) mass is 299 g/mol. The molecule has 0 aromatic carbocycles. The maximum Gasteiger partial charge on any atom is 0.259 e. The molecule has 0 radical (unpaired) electrons. The summed E-state index contributed by atoms with van der Waals surface area (Å²) in [7, 11) is 0. The number of hydrogen-bond donors (Lipinski definition) is 0. The Bertz CT molecular complexity index is 695. The van der Waals surface area contributed by atoms with Gasteiger partial charge in [-0.25, -0.2) is 0 Å². The van der Waals surface area contributed by atoms with Crippen LogP contribution in [0.4, 0.5) is 0 Å². The van der Waals surface area contributed by atoms with E-state index in [2.05, 4.69) is 22.1 Å². The molecule has 0 spiro atoms. The molecular formula is C18H21NOS. The van der Waals surface area contributed by atoms with Gasteiger partial charge in [-0.3, -0.25) is 4.79 Å². The summed E-state index contributed by atoms with van der Waals surface area (Å²) in [5.41, 5.74) is 3.91. The first kappa shape index (κ1) is 13.3. The third kappa shape index (κ3) is 2.38. The molecule has 1 saturated carbocycles. The Morgan fingerprint density at radius 1 is 1.19 bits per heavy atom. The molecule has 21 heavy (non-hydrogen) atoms. The van der Waals surface area contributed by atoms with E-state index in [9.17, 15) is 4.79 Å². The number of aryl methyl sites for hydroxylation is 1. The minimum atomic E-state index is 0.241. The molecule has 2 aliphatic carbocycles. The number of fused-ring (bicyclic) bond motifs is 1. The van der Waals surface area contributed by atoms with Crippen molar-refractivity contribution >= 4 is 11.3 Å². The zero-order chi connectivity index (χ0) is 14.2. The lowest BCUT2D eigenvalue weighted by atomic mass is 9.85. The van der Waals surface area contributed by atoms with Crippen molar-refractivity contribution in [2.75, 3.05) is 0 Å². The summed E-state index contributed by atoms with van der Waals surface area (Å²) in [6, 6.07) is 6.29. The fraction of sp³-hybridized carbons (Fsp3) is 0.500. The number of hydrogen-bond acceptors (Lipinski definition) is 2. The van der Waals surface area contributed by atoms with Crippen molar-refractivity contribution in [1.82, 2.24) is 4.57 Å². The first-order valence-corrected chi connectivity index (χ1v) is 9.00. The van der Waals surface area contributed by atoms with Gasteiger partial charge in [-0.15, -0.1) is 11.3 Å². The van der Waals surface area contributed by atoms with Crippen LogP contribution in [0.5, 0.6) is 0 Å². The summed E-state index contributed by atoms with van der Waals surface area (Å²) in [6.07, 6.45) is 8.65. The van der Waals surface area contributed by atoms with Gasteiger partial charge in [0.15, 0.2) is 0 Å². The molecule has 2 aromatic rings. The fourth-order valence-electron chi connectivity index (χ4n) is 3.62. The SMILES string of the molecule is O=c1c(-c2cccs2)cc2c(n1CC1CCC1)CCCC2. The molecule has 4 rings (SSSR count). The molecular weight excluding hydrogens is 278 g/mol. The molecule has 2 nitrogen and oxygen atoms in total. The largest absolute Gasteiger partial charge is 0.312 e. The van der Waals surface area contributed by atoms with Gasteiger partial charge < -0.3 is 4.57 Å². The third-order valence-corrected chi connectivity index (χ3v) is 5.96. The second kappa shape index (κ2) is 5.45. The van der Waals surface area contributed by atoms with E-state index in [4.69, 9.17) is 0 Å². The van der Waals surface area contributed by atoms with E-state index >= 15 is 0 Å². The van der Waals surface area contributed by atoms with Crippen LogP contribution < -0.4 is 5.56 Å². The van der Waals surface area contributed by atoms with Crippen LogP contribution in [0.1, 0.15) is 43.4 Å². The molecule has 2 aromatic heterocycles. The second-order valence-corrected chi connectivity index (χ2v) is 7.37. The maximum absolute atomic E-state index is 13.0. The van der Waals surface area contributed by atoms with E-state index in [1.165, 1.54) is 43.4 Å². The quantitative estimate of drug-likeness (QED) is 0.830. The predicted octanol–water partition coefficient (Wildman–Crippen LogP) is 4.26. The molecule has 2 heterocycles. The molecule has 3 heteroatoms. The highest BCUT2D eigenvalue weighted by molar-refractivity contribution is 7.13. The Morgan fingerprint density at radius 3 is 2.76 bits per heavy atom. The summed E-state index contributed by atoms with van der Waals surface area (Å²) in [5.74, 6) is 0.729. The zero-order valence-corrected chi connectivity index (χ0v) is 13.1. The summed E-state index contributed by atoms with van der Waals surface area (Å²) < 4.78 is 2.13. The van der Waals surface area contributed by atoms with Gasteiger partial charge in [0, 0.05) is 17.1 Å². The molecule has 0 unspecified atom stereocenters. The zero-order valence-electron chi connectivity index (χ0n) is 12.3. The number of aromatic nitrogens is 1. The first-order chi connectivity index (χ1) is 10.3. The Balaban J connectivity index is 1.85. The lowest BCUT2D eigenvalue weighted by molar-refractivity contribution is 0.269. The first-order valence-electron chi connectivity index (χ1n) is 8.12. The minimum Gasteiger partial charge on any atom is -0.312 e. The lowest BCUT2D eigenvalue weighted by Crippen LogP contribution is -2.32. The number of pyridine rings is 1. The highest BCUT2D eigenvalue weighted by Gasteiger charge is 2.23. The highest BCUT2D eigenvalue weighted by atomic mass is 32.1. The summed E-state index contributed by atoms with van der Waals surface area (Å²) >= 11 is 1.67. The second-order valence-electron chi connectivity index (χ2n) is 6.43. The van der Waals surface area contributed by atoms with Crippen molar-refractivity contribution in [3.8, 4) is 10.4 Å². The fourth-order valence-corrected chi connectivity index (χ4v) is 4.35. The maximum atomic E-state index is 13.0. The molecule has 0 aliphatic heterocycles. The van der Waals surface area contributed by atoms with Crippen LogP contribution in [0.3, 0.4) is 0 Å². The predicted molar refractivity (Wildman–Crippen MR) is 88.0 cm³/mol. The van der Waals surface area contributed by atoms with E-state index < -0.39 is 0 Å². The van der Waals surface area contributed by atoms with Crippen molar-refractivity contribution in [3.05, 3.63) is 45.2 Å². The van der Waals surface area contributed by atoms with Crippen LogP contribution in [0, 0.1) is 5.92 Å². The van der Waals surface area contributed by atoms with Crippen LogP contribution in [-0.2, 0) is 19.4 Å². The summed E-state index contributed by atoms with van der Waals surface area (Å²) in [4.78, 5) is 14.1. The summed E-state index contributed by atoms with van der Waals surface area (Å²) in [5, 5.41) is 2.06. The van der Waals surface area contributed by atoms with Crippen molar-refractivity contribution in [3.63, 3.8) is 0 Å². The third-order valence-electron chi connectivity index (χ3n) is 5.05. The number of thiophene rings is 1. The topological polar surface area (TPSA) is 22.0 Å². The molecule has 0 saturated heterocycles. The molecule has 0 bridgehead atoms. The Morgan fingerprint density at radius 2 is 2.05 bits per heavy atom. The molecule has 110 valence electrons. The van der Waals surface area contributed by atoms with Crippen molar-refractivity contribution < 1.29 is 0 Å². The minimum absolute atomic E-state index is 0.241. The Hall–Kier alpha value is -1.35. The summed E-state index contributed by atoms with van der Waals surface area (Å²) in [6.45, 7) is 0.945. The van der Waals surface area contributed by atoms with Gasteiger partial charge in [-0.05, 0) is 67.5 Å². The molecule has 2 aliphatic rings. The van der Waals surface area contributed by atoms with Crippen LogP contribution >= 0.6 is 11.3 Å². The van der Waals surface area contributed by atoms with E-state index in [-0.39, 0.29) is 5.56 Å². The van der Waals surface area contributed by atoms with E-state index in [0.29, 0.717) is 0 Å². The van der Waals surface area contributed by atoms with Gasteiger partial charge in [0.05, 0.1) is 5.56 Å². The van der Waals surface area contributed by atoms with Crippen LogP contribution in [-0.4, -0.2) is 4.57 Å². The van der Waals surface area contributed by atoms with E-state index in [1.54, 1.807) is 11.3 Å². The molecule has 0 N–H and O–H groups in total. The van der Waals surface area contributed by atoms with Gasteiger partial charge in [0.1, 0.15) is 0 Å². The van der Waals surface area contributed by atoms with Crippen LogP contribution in [0.15, 0.2) is 28.4 Å².